The van der Waals surface area contributed by atoms with E-state index in [0.717, 1.165) is 17.0 Å². The summed E-state index contributed by atoms with van der Waals surface area (Å²) >= 11 is 0. The third kappa shape index (κ3) is 1.74. The van der Waals surface area contributed by atoms with Crippen LogP contribution in [0.3, 0.4) is 0 Å². The van der Waals surface area contributed by atoms with Gasteiger partial charge in [0.2, 0.25) is 0 Å². The minimum Gasteiger partial charge on any atom is -0.382 e. The Kier molecular flexibility index (Phi) is 2.50. The summed E-state index contributed by atoms with van der Waals surface area (Å²) < 4.78 is 2.12. The maximum Gasteiger partial charge on any atom is 0.166 e. The lowest BCUT2D eigenvalue weighted by atomic mass is 10.1. The first kappa shape index (κ1) is 11.4. The molecule has 2 aromatic heterocycles. The molecular formula is C13H19N5. The highest BCUT2D eigenvalue weighted by Gasteiger charge is 2.28. The van der Waals surface area contributed by atoms with Crippen LogP contribution in [0.25, 0.3) is 11.2 Å². The SMILES string of the molecule is CC(C)[C@@H](C)n1cnc2c(N)nc(C3CC3)nc21. The van der Waals surface area contributed by atoms with E-state index in [0.29, 0.717) is 23.7 Å². The second kappa shape index (κ2) is 3.93. The summed E-state index contributed by atoms with van der Waals surface area (Å²) in [5, 5.41) is 0. The second-order valence-electron chi connectivity index (χ2n) is 5.55. The van der Waals surface area contributed by atoms with Crippen molar-refractivity contribution < 1.29 is 0 Å². The molecule has 0 spiro atoms. The van der Waals surface area contributed by atoms with Crippen molar-refractivity contribution in [3.63, 3.8) is 0 Å². The van der Waals surface area contributed by atoms with Crippen LogP contribution in [-0.4, -0.2) is 19.5 Å². The average Bonchev–Trinajstić information content (AvgIpc) is 3.08. The molecule has 0 unspecified atom stereocenters. The minimum atomic E-state index is 0.358. The molecule has 1 fully saturated rings. The van der Waals surface area contributed by atoms with Gasteiger partial charge in [0.25, 0.3) is 0 Å². The van der Waals surface area contributed by atoms with Crippen LogP contribution in [0.2, 0.25) is 0 Å². The normalized spacial score (nSPS) is 17.6. The van der Waals surface area contributed by atoms with Gasteiger partial charge >= 0.3 is 0 Å². The summed E-state index contributed by atoms with van der Waals surface area (Å²) in [5.41, 5.74) is 7.59. The lowest BCUT2D eigenvalue weighted by Crippen LogP contribution is -2.12. The van der Waals surface area contributed by atoms with Crippen molar-refractivity contribution in [1.82, 2.24) is 19.5 Å². The number of rotatable bonds is 3. The van der Waals surface area contributed by atoms with Gasteiger partial charge in [0, 0.05) is 12.0 Å². The fraction of sp³-hybridized carbons (Fsp3) is 0.615. The Labute approximate surface area is 106 Å². The Hall–Kier alpha value is -1.65. The van der Waals surface area contributed by atoms with Crippen LogP contribution < -0.4 is 5.73 Å². The average molecular weight is 245 g/mol. The van der Waals surface area contributed by atoms with Crippen molar-refractivity contribution in [3.8, 4) is 0 Å². The van der Waals surface area contributed by atoms with E-state index < -0.39 is 0 Å². The number of anilines is 1. The molecule has 2 aromatic rings. The topological polar surface area (TPSA) is 69.6 Å². The zero-order valence-electron chi connectivity index (χ0n) is 11.1. The molecule has 2 N–H and O–H groups in total. The number of nitrogens with two attached hydrogens (primary N) is 1. The van der Waals surface area contributed by atoms with Crippen molar-refractivity contribution >= 4 is 17.0 Å². The standard InChI is InChI=1S/C13H19N5/c1-7(2)8(3)18-6-15-10-11(14)16-12(9-4-5-9)17-13(10)18/h6-9H,4-5H2,1-3H3,(H2,14,16,17)/t8-/m1/s1. The maximum atomic E-state index is 5.99. The lowest BCUT2D eigenvalue weighted by Gasteiger charge is -2.17. The number of nitrogen functional groups attached to an aromatic ring is 1. The van der Waals surface area contributed by atoms with E-state index >= 15 is 0 Å². The highest BCUT2D eigenvalue weighted by atomic mass is 15.2. The van der Waals surface area contributed by atoms with E-state index in [1.807, 2.05) is 6.33 Å². The quantitative estimate of drug-likeness (QED) is 0.902. The fourth-order valence-electron chi connectivity index (χ4n) is 2.10. The molecule has 0 aromatic carbocycles. The van der Waals surface area contributed by atoms with Crippen LogP contribution in [0.5, 0.6) is 0 Å². The number of fused-ring (bicyclic) bond motifs is 1. The molecule has 0 amide bonds. The predicted molar refractivity (Wildman–Crippen MR) is 71.3 cm³/mol. The number of hydrogen-bond donors (Lipinski definition) is 1. The second-order valence-corrected chi connectivity index (χ2v) is 5.55. The van der Waals surface area contributed by atoms with Crippen molar-refractivity contribution in [2.45, 2.75) is 45.6 Å². The third-order valence-corrected chi connectivity index (χ3v) is 3.81. The van der Waals surface area contributed by atoms with E-state index in [1.54, 1.807) is 0 Å². The highest BCUT2D eigenvalue weighted by molar-refractivity contribution is 5.81. The van der Waals surface area contributed by atoms with Crippen LogP contribution in [0.1, 0.15) is 51.4 Å². The van der Waals surface area contributed by atoms with Gasteiger partial charge in [-0.05, 0) is 25.7 Å². The van der Waals surface area contributed by atoms with Crippen molar-refractivity contribution in [2.75, 3.05) is 5.73 Å². The van der Waals surface area contributed by atoms with E-state index in [2.05, 4.69) is 40.3 Å². The Balaban J connectivity index is 2.15. The molecule has 18 heavy (non-hydrogen) atoms. The molecule has 2 heterocycles. The van der Waals surface area contributed by atoms with Gasteiger partial charge < -0.3 is 10.3 Å². The molecule has 0 aliphatic heterocycles. The summed E-state index contributed by atoms with van der Waals surface area (Å²) in [4.78, 5) is 13.4. The molecule has 5 heteroatoms. The first-order valence-electron chi connectivity index (χ1n) is 6.58. The zero-order valence-corrected chi connectivity index (χ0v) is 11.1. The summed E-state index contributed by atoms with van der Waals surface area (Å²) in [5.74, 6) is 2.44. The van der Waals surface area contributed by atoms with E-state index in [4.69, 9.17) is 5.73 Å². The molecule has 1 saturated carbocycles. The molecule has 1 aliphatic rings. The number of imidazole rings is 1. The monoisotopic (exact) mass is 245 g/mol. The minimum absolute atomic E-state index is 0.358. The number of nitrogens with zero attached hydrogens (tertiary/aromatic N) is 4. The van der Waals surface area contributed by atoms with Crippen molar-refractivity contribution in [1.29, 1.82) is 0 Å². The fourth-order valence-corrected chi connectivity index (χ4v) is 2.10. The van der Waals surface area contributed by atoms with E-state index in [9.17, 15) is 0 Å². The van der Waals surface area contributed by atoms with Gasteiger partial charge in [-0.15, -0.1) is 0 Å². The first-order chi connectivity index (χ1) is 8.58. The molecular weight excluding hydrogens is 226 g/mol. The predicted octanol–water partition coefficient (Wildman–Crippen LogP) is 2.50. The van der Waals surface area contributed by atoms with Crippen LogP contribution >= 0.6 is 0 Å². The molecule has 5 nitrogen and oxygen atoms in total. The van der Waals surface area contributed by atoms with E-state index in [1.165, 1.54) is 12.8 Å². The van der Waals surface area contributed by atoms with Gasteiger partial charge in [-0.1, -0.05) is 13.8 Å². The molecule has 1 atom stereocenters. The maximum absolute atomic E-state index is 5.99. The smallest absolute Gasteiger partial charge is 0.166 e. The van der Waals surface area contributed by atoms with E-state index in [-0.39, 0.29) is 0 Å². The Bertz CT molecular complexity index is 582. The Morgan fingerprint density at radius 2 is 2.00 bits per heavy atom. The van der Waals surface area contributed by atoms with Gasteiger partial charge in [-0.25, -0.2) is 15.0 Å². The summed E-state index contributed by atoms with van der Waals surface area (Å²) in [7, 11) is 0. The molecule has 0 radical (unpaired) electrons. The van der Waals surface area contributed by atoms with Crippen molar-refractivity contribution in [2.24, 2.45) is 5.92 Å². The zero-order chi connectivity index (χ0) is 12.9. The van der Waals surface area contributed by atoms with Crippen LogP contribution in [0.4, 0.5) is 5.82 Å². The molecule has 0 bridgehead atoms. The summed E-state index contributed by atoms with van der Waals surface area (Å²) in [6.07, 6.45) is 4.19. The molecule has 96 valence electrons. The molecule has 1 aliphatic carbocycles. The molecule has 0 saturated heterocycles. The highest BCUT2D eigenvalue weighted by Crippen LogP contribution is 2.39. The van der Waals surface area contributed by atoms with Gasteiger partial charge in [-0.2, -0.15) is 0 Å². The van der Waals surface area contributed by atoms with Gasteiger partial charge in [0.1, 0.15) is 11.3 Å². The lowest BCUT2D eigenvalue weighted by molar-refractivity contribution is 0.414. The van der Waals surface area contributed by atoms with Gasteiger partial charge in [0.05, 0.1) is 6.33 Å². The van der Waals surface area contributed by atoms with Gasteiger partial charge in [-0.3, -0.25) is 0 Å². The molecule has 3 rings (SSSR count). The first-order valence-corrected chi connectivity index (χ1v) is 6.58. The third-order valence-electron chi connectivity index (χ3n) is 3.81. The van der Waals surface area contributed by atoms with Gasteiger partial charge in [0.15, 0.2) is 11.5 Å². The van der Waals surface area contributed by atoms with Crippen LogP contribution in [0.15, 0.2) is 6.33 Å². The Morgan fingerprint density at radius 1 is 1.28 bits per heavy atom. The summed E-state index contributed by atoms with van der Waals surface area (Å²) in [6, 6.07) is 0.358. The largest absolute Gasteiger partial charge is 0.382 e. The van der Waals surface area contributed by atoms with Crippen LogP contribution in [0, 0.1) is 5.92 Å². The van der Waals surface area contributed by atoms with Crippen molar-refractivity contribution in [3.05, 3.63) is 12.2 Å². The van der Waals surface area contributed by atoms with Crippen LogP contribution in [-0.2, 0) is 0 Å². The summed E-state index contributed by atoms with van der Waals surface area (Å²) in [6.45, 7) is 6.58. The Morgan fingerprint density at radius 3 is 2.61 bits per heavy atom. The number of aromatic nitrogens is 4. The number of hydrogen-bond acceptors (Lipinski definition) is 4.